The Labute approximate surface area is 172 Å². The number of rotatable bonds is 3. The number of pyridine rings is 1. The Morgan fingerprint density at radius 3 is 2.07 bits per heavy atom. The van der Waals surface area contributed by atoms with E-state index >= 15 is 0 Å². The van der Waals surface area contributed by atoms with Crippen LogP contribution >= 0.6 is 0 Å². The van der Waals surface area contributed by atoms with Crippen LogP contribution < -0.4 is 4.98 Å². The molecule has 0 saturated heterocycles. The Morgan fingerprint density at radius 2 is 1.31 bits per heavy atom. The van der Waals surface area contributed by atoms with E-state index in [0.717, 1.165) is 12.8 Å². The average Bonchev–Trinajstić information content (AvgIpc) is 2.73. The van der Waals surface area contributed by atoms with Crippen molar-refractivity contribution in [2.24, 2.45) is 0 Å². The summed E-state index contributed by atoms with van der Waals surface area (Å²) in [5.74, 6) is 0. The highest BCUT2D eigenvalue weighted by molar-refractivity contribution is 6.19. The van der Waals surface area contributed by atoms with Gasteiger partial charge in [0.15, 0.2) is 6.20 Å². The van der Waals surface area contributed by atoms with Crippen molar-refractivity contribution in [1.82, 2.24) is 0 Å². The molecule has 0 bridgehead atoms. The zero-order valence-corrected chi connectivity index (χ0v) is 17.3. The second kappa shape index (κ2) is 7.00. The third-order valence-electron chi connectivity index (χ3n) is 5.95. The zero-order valence-electron chi connectivity index (χ0n) is 17.3. The summed E-state index contributed by atoms with van der Waals surface area (Å²) in [5, 5.41) is 8.03. The molecular weight excluding hydrogens is 350 g/mol. The molecule has 142 valence electrons. The van der Waals surface area contributed by atoms with Gasteiger partial charge in [-0.3, -0.25) is 0 Å². The van der Waals surface area contributed by atoms with Crippen molar-refractivity contribution in [1.29, 1.82) is 0 Å². The number of benzene rings is 4. The first-order valence-corrected chi connectivity index (χ1v) is 10.5. The summed E-state index contributed by atoms with van der Waals surface area (Å²) in [7, 11) is 0. The van der Waals surface area contributed by atoms with E-state index in [0.29, 0.717) is 0 Å². The topological polar surface area (TPSA) is 14.1 Å². The van der Waals surface area contributed by atoms with Crippen molar-refractivity contribution in [3.63, 3.8) is 0 Å². The summed E-state index contributed by atoms with van der Waals surface area (Å²) in [4.78, 5) is 3.52. The van der Waals surface area contributed by atoms with Crippen LogP contribution in [0.2, 0.25) is 0 Å². The molecule has 4 aromatic carbocycles. The van der Waals surface area contributed by atoms with Crippen LogP contribution in [0, 0.1) is 13.8 Å². The van der Waals surface area contributed by atoms with Crippen molar-refractivity contribution in [3.05, 3.63) is 89.6 Å². The Hall–Kier alpha value is -3.19. The Bertz CT molecular complexity index is 1360. The monoisotopic (exact) mass is 376 g/mol. The molecule has 0 atom stereocenters. The molecule has 0 aliphatic carbocycles. The van der Waals surface area contributed by atoms with Gasteiger partial charge in [-0.1, -0.05) is 60.9 Å². The number of aryl methyl sites for hydroxylation is 3. The molecule has 0 aliphatic rings. The average molecular weight is 377 g/mol. The van der Waals surface area contributed by atoms with Crippen LogP contribution in [0.3, 0.4) is 0 Å². The van der Waals surface area contributed by atoms with Gasteiger partial charge in [-0.15, -0.1) is 0 Å². The molecule has 1 aromatic heterocycles. The molecular formula is C28H26N+. The predicted octanol–water partition coefficient (Wildman–Crippen LogP) is 7.20. The van der Waals surface area contributed by atoms with Crippen LogP contribution in [-0.4, -0.2) is 0 Å². The highest BCUT2D eigenvalue weighted by Crippen LogP contribution is 2.36. The highest BCUT2D eigenvalue weighted by Gasteiger charge is 2.15. The summed E-state index contributed by atoms with van der Waals surface area (Å²) in [5.41, 5.74) is 6.48. The quantitative estimate of drug-likeness (QED) is 0.296. The first-order valence-electron chi connectivity index (χ1n) is 10.5. The van der Waals surface area contributed by atoms with E-state index in [1.807, 2.05) is 0 Å². The Morgan fingerprint density at radius 1 is 0.655 bits per heavy atom. The second-order valence-electron chi connectivity index (χ2n) is 8.18. The first-order chi connectivity index (χ1) is 14.2. The van der Waals surface area contributed by atoms with Crippen LogP contribution in [-0.2, 0) is 6.42 Å². The number of nitrogens with one attached hydrogen (secondary N) is 1. The van der Waals surface area contributed by atoms with E-state index in [4.69, 9.17) is 0 Å². The number of fused-ring (bicyclic) bond motifs is 5. The fourth-order valence-electron chi connectivity index (χ4n) is 4.79. The van der Waals surface area contributed by atoms with Crippen LogP contribution in [0.15, 0.2) is 72.9 Å². The van der Waals surface area contributed by atoms with Gasteiger partial charge >= 0.3 is 0 Å². The zero-order chi connectivity index (χ0) is 20.0. The molecule has 5 aromatic rings. The van der Waals surface area contributed by atoms with Gasteiger partial charge in [-0.2, -0.15) is 0 Å². The molecule has 29 heavy (non-hydrogen) atoms. The fourth-order valence-corrected chi connectivity index (χ4v) is 4.79. The second-order valence-corrected chi connectivity index (χ2v) is 8.18. The first kappa shape index (κ1) is 17.9. The lowest BCUT2D eigenvalue weighted by Gasteiger charge is -2.12. The molecule has 0 radical (unpaired) electrons. The molecule has 1 heteroatoms. The molecule has 5 rings (SSSR count). The lowest BCUT2D eigenvalue weighted by molar-refractivity contribution is -0.362. The van der Waals surface area contributed by atoms with Gasteiger partial charge in [0.05, 0.1) is 5.39 Å². The van der Waals surface area contributed by atoms with Crippen LogP contribution in [0.5, 0.6) is 0 Å². The van der Waals surface area contributed by atoms with E-state index in [2.05, 4.69) is 98.7 Å². The van der Waals surface area contributed by atoms with E-state index in [1.54, 1.807) is 0 Å². The summed E-state index contributed by atoms with van der Waals surface area (Å²) in [6.45, 7) is 6.59. The van der Waals surface area contributed by atoms with E-state index in [-0.39, 0.29) is 0 Å². The number of aromatic nitrogens is 1. The van der Waals surface area contributed by atoms with Gasteiger partial charge in [0.25, 0.3) is 0 Å². The van der Waals surface area contributed by atoms with Crippen molar-refractivity contribution < 1.29 is 4.98 Å². The molecule has 0 amide bonds. The highest BCUT2D eigenvalue weighted by atomic mass is 14.7. The van der Waals surface area contributed by atoms with E-state index in [1.165, 1.54) is 60.3 Å². The molecule has 0 unspecified atom stereocenters. The van der Waals surface area contributed by atoms with Crippen LogP contribution in [0.25, 0.3) is 43.6 Å². The van der Waals surface area contributed by atoms with Crippen LogP contribution in [0.4, 0.5) is 0 Å². The Balaban J connectivity index is 1.88. The maximum absolute atomic E-state index is 3.52. The summed E-state index contributed by atoms with van der Waals surface area (Å²) >= 11 is 0. The minimum Gasteiger partial charge on any atom is -0.211 e. The SMILES string of the molecule is CCCc1cc2c3cc[nH+]c(-c4cc(C)cc(C)c4)c3ccc2c2ccccc12. The predicted molar refractivity (Wildman–Crippen MR) is 124 cm³/mol. The van der Waals surface area contributed by atoms with Crippen molar-refractivity contribution in [2.75, 3.05) is 0 Å². The Kier molecular flexibility index (Phi) is 4.32. The van der Waals surface area contributed by atoms with Gasteiger partial charge in [0.2, 0.25) is 5.69 Å². The largest absolute Gasteiger partial charge is 0.218 e. The van der Waals surface area contributed by atoms with Gasteiger partial charge in [-0.25, -0.2) is 4.98 Å². The molecule has 0 saturated carbocycles. The lowest BCUT2D eigenvalue weighted by atomic mass is 9.91. The maximum atomic E-state index is 3.52. The number of aromatic amines is 1. The molecule has 1 heterocycles. The third-order valence-corrected chi connectivity index (χ3v) is 5.95. The van der Waals surface area contributed by atoms with Crippen LogP contribution in [0.1, 0.15) is 30.0 Å². The maximum Gasteiger partial charge on any atom is 0.218 e. The molecule has 0 spiro atoms. The lowest BCUT2D eigenvalue weighted by Crippen LogP contribution is -2.06. The summed E-state index contributed by atoms with van der Waals surface area (Å²) < 4.78 is 0. The number of H-pyrrole nitrogens is 1. The summed E-state index contributed by atoms with van der Waals surface area (Å²) in [6.07, 6.45) is 4.35. The normalized spacial score (nSPS) is 11.6. The smallest absolute Gasteiger partial charge is 0.211 e. The molecule has 0 aliphatic heterocycles. The van der Waals surface area contributed by atoms with Crippen molar-refractivity contribution in [2.45, 2.75) is 33.6 Å². The minimum atomic E-state index is 1.11. The van der Waals surface area contributed by atoms with E-state index in [9.17, 15) is 0 Å². The third kappa shape index (κ3) is 2.98. The van der Waals surface area contributed by atoms with Crippen molar-refractivity contribution in [3.8, 4) is 11.3 Å². The molecule has 0 fully saturated rings. The molecule has 1 nitrogen and oxygen atoms in total. The van der Waals surface area contributed by atoms with Gasteiger partial charge in [0, 0.05) is 17.0 Å². The number of hydrogen-bond donors (Lipinski definition) is 0. The van der Waals surface area contributed by atoms with Crippen molar-refractivity contribution >= 4 is 32.3 Å². The number of hydrogen-bond acceptors (Lipinski definition) is 0. The van der Waals surface area contributed by atoms with Gasteiger partial charge < -0.3 is 0 Å². The standard InChI is InChI=1S/C28H25N/c1-4-7-20-17-27-24(23-9-6-5-8-22(20)23)10-11-26-25(27)12-13-29-28(26)21-15-18(2)14-19(3)16-21/h5-6,8-17H,4,7H2,1-3H3/p+1. The van der Waals surface area contributed by atoms with Gasteiger partial charge in [-0.05, 0) is 71.6 Å². The van der Waals surface area contributed by atoms with Gasteiger partial charge in [0.1, 0.15) is 0 Å². The molecule has 1 N–H and O–H groups in total. The minimum absolute atomic E-state index is 1.11. The summed E-state index contributed by atoms with van der Waals surface area (Å²) in [6, 6.07) is 24.9. The fraction of sp³-hybridized carbons (Fsp3) is 0.179. The van der Waals surface area contributed by atoms with E-state index < -0.39 is 0 Å².